The molecule has 0 bridgehead atoms. The fourth-order valence-corrected chi connectivity index (χ4v) is 9.20. The average Bonchev–Trinajstić information content (AvgIpc) is 3.64. The third kappa shape index (κ3) is 3.48. The lowest BCUT2D eigenvalue weighted by Crippen LogP contribution is -2.62. The maximum Gasteiger partial charge on any atom is 0.251 e. The number of hydrogen-bond acceptors (Lipinski definition) is 1. The van der Waals surface area contributed by atoms with Crippen LogP contribution in [0.5, 0.6) is 11.5 Å². The van der Waals surface area contributed by atoms with Gasteiger partial charge in [-0.1, -0.05) is 116 Å². The third-order valence-corrected chi connectivity index (χ3v) is 11.2. The number of fused-ring (bicyclic) bond motifs is 11. The summed E-state index contributed by atoms with van der Waals surface area (Å²) in [5, 5.41) is 4.89. The van der Waals surface area contributed by atoms with Gasteiger partial charge in [0.1, 0.15) is 11.5 Å². The van der Waals surface area contributed by atoms with Gasteiger partial charge in [-0.05, 0) is 76.6 Å². The van der Waals surface area contributed by atoms with Gasteiger partial charge in [0.05, 0.1) is 22.1 Å². The number of ether oxygens (including phenoxy) is 1. The Morgan fingerprint density at radius 1 is 0.490 bits per heavy atom. The topological polar surface area (TPSA) is 19.1 Å². The molecule has 2 aliphatic heterocycles. The Morgan fingerprint density at radius 2 is 1.06 bits per heavy atom. The molecule has 0 saturated heterocycles. The molecule has 230 valence electrons. The van der Waals surface area contributed by atoms with E-state index in [0.29, 0.717) is 0 Å². The fraction of sp³-hybridized carbons (Fsp3) is 0.0667. The van der Waals surface area contributed by atoms with Crippen molar-refractivity contribution < 1.29 is 4.74 Å². The van der Waals surface area contributed by atoms with E-state index in [1.165, 1.54) is 76.8 Å². The summed E-state index contributed by atoms with van der Waals surface area (Å²) in [4.78, 5) is 0. The minimum absolute atomic E-state index is 0.0243. The predicted molar refractivity (Wildman–Crippen MR) is 205 cm³/mol. The Balaban J connectivity index is 1.30. The molecule has 4 heterocycles. The van der Waals surface area contributed by atoms with Gasteiger partial charge in [0.15, 0.2) is 0 Å². The minimum atomic E-state index is -0.276. The quantitative estimate of drug-likeness (QED) is 0.175. The highest BCUT2D eigenvalue weighted by molar-refractivity contribution is 6.98. The number of aromatic nitrogens is 2. The molecule has 2 aromatic heterocycles. The lowest BCUT2D eigenvalue weighted by Gasteiger charge is -2.42. The monoisotopic (exact) mass is 626 g/mol. The summed E-state index contributed by atoms with van der Waals surface area (Å²) >= 11 is 0. The van der Waals surface area contributed by atoms with Crippen LogP contribution in [0.15, 0.2) is 152 Å². The maximum atomic E-state index is 7.16. The van der Waals surface area contributed by atoms with Crippen LogP contribution in [0.2, 0.25) is 0 Å². The Bertz CT molecular complexity index is 2830. The maximum absolute atomic E-state index is 7.16. The first-order chi connectivity index (χ1) is 24.1. The van der Waals surface area contributed by atoms with Crippen molar-refractivity contribution in [2.75, 3.05) is 0 Å². The molecule has 0 atom stereocenters. The van der Waals surface area contributed by atoms with Gasteiger partial charge in [-0.25, -0.2) is 0 Å². The number of benzene rings is 7. The zero-order chi connectivity index (χ0) is 32.4. The number of para-hydroxylation sites is 4. The highest BCUT2D eigenvalue weighted by Crippen LogP contribution is 2.46. The van der Waals surface area contributed by atoms with E-state index in [1.807, 2.05) is 0 Å². The first-order valence-corrected chi connectivity index (χ1v) is 17.2. The van der Waals surface area contributed by atoms with Crippen LogP contribution in [0.4, 0.5) is 0 Å². The van der Waals surface area contributed by atoms with E-state index in [1.54, 1.807) is 0 Å². The van der Waals surface area contributed by atoms with E-state index in [2.05, 4.69) is 175 Å². The molecule has 0 fully saturated rings. The van der Waals surface area contributed by atoms with Gasteiger partial charge in [-0.3, -0.25) is 0 Å². The second-order valence-corrected chi connectivity index (χ2v) is 14.1. The zero-order valence-corrected chi connectivity index (χ0v) is 27.3. The Labute approximate surface area is 284 Å². The number of nitrogens with zero attached hydrogens (tertiary/aromatic N) is 2. The van der Waals surface area contributed by atoms with E-state index in [4.69, 9.17) is 4.74 Å². The Hall–Kier alpha value is -6.00. The first kappa shape index (κ1) is 27.0. The Morgan fingerprint density at radius 3 is 1.80 bits per heavy atom. The molecule has 2 aliphatic rings. The fourth-order valence-electron chi connectivity index (χ4n) is 9.20. The molecule has 0 spiro atoms. The van der Waals surface area contributed by atoms with Crippen molar-refractivity contribution in [2.24, 2.45) is 0 Å². The van der Waals surface area contributed by atoms with Gasteiger partial charge in [0.2, 0.25) is 0 Å². The normalized spacial score (nSPS) is 14.2. The summed E-state index contributed by atoms with van der Waals surface area (Å²) < 4.78 is 12.1. The highest BCUT2D eigenvalue weighted by atomic mass is 16.5. The molecule has 49 heavy (non-hydrogen) atoms. The SMILES string of the molecule is CC1(C)c2ccccc2B2c3cc4c(cc3Oc3cc5c6ccccc6n(-c6ccccc6)c5c1c32)c1ccccc1n4-c1ccccc1. The molecule has 3 nitrogen and oxygen atoms in total. The molecule has 0 amide bonds. The lowest BCUT2D eigenvalue weighted by atomic mass is 9.30. The van der Waals surface area contributed by atoms with Crippen molar-refractivity contribution in [3.05, 3.63) is 163 Å². The second kappa shape index (κ2) is 9.55. The molecule has 4 heteroatoms. The van der Waals surface area contributed by atoms with Crippen molar-refractivity contribution in [1.82, 2.24) is 9.13 Å². The van der Waals surface area contributed by atoms with Crippen LogP contribution in [0, 0.1) is 0 Å². The summed E-state index contributed by atoms with van der Waals surface area (Å²) in [5.41, 5.74) is 13.5. The predicted octanol–water partition coefficient (Wildman–Crippen LogP) is 9.14. The second-order valence-electron chi connectivity index (χ2n) is 14.1. The third-order valence-electron chi connectivity index (χ3n) is 11.2. The van der Waals surface area contributed by atoms with Gasteiger partial charge in [-0.2, -0.15) is 0 Å². The van der Waals surface area contributed by atoms with Crippen LogP contribution in [0.1, 0.15) is 25.0 Å². The van der Waals surface area contributed by atoms with Crippen LogP contribution < -0.4 is 21.1 Å². The van der Waals surface area contributed by atoms with Crippen LogP contribution in [0.25, 0.3) is 55.0 Å². The van der Waals surface area contributed by atoms with Crippen molar-refractivity contribution in [3.63, 3.8) is 0 Å². The van der Waals surface area contributed by atoms with Gasteiger partial charge in [0.25, 0.3) is 6.71 Å². The number of hydrogen-bond donors (Lipinski definition) is 0. The van der Waals surface area contributed by atoms with Crippen LogP contribution in [-0.2, 0) is 5.41 Å². The molecule has 0 radical (unpaired) electrons. The molecule has 9 aromatic rings. The first-order valence-electron chi connectivity index (χ1n) is 17.2. The standard InChI is InChI=1S/C45H31BN2O/c1-45(2)34-21-11-12-22-35(34)46-36-27-39-32(30-19-9-13-23-37(30)47(39)28-15-5-3-6-16-28)25-40(36)49-41-26-33-31-20-10-14-24-38(31)48(29-17-7-4-8-18-29)44(33)42(45)43(41)46/h3-27H,1-2H3. The highest BCUT2D eigenvalue weighted by Gasteiger charge is 2.47. The summed E-state index contributed by atoms with van der Waals surface area (Å²) in [6, 6.07) is 55.3. The molecule has 0 N–H and O–H groups in total. The van der Waals surface area contributed by atoms with E-state index in [0.717, 1.165) is 17.2 Å². The zero-order valence-electron chi connectivity index (χ0n) is 27.3. The van der Waals surface area contributed by atoms with Gasteiger partial charge in [0, 0.05) is 38.3 Å². The molecule has 0 unspecified atom stereocenters. The Kier molecular flexibility index (Phi) is 5.26. The van der Waals surface area contributed by atoms with Crippen molar-refractivity contribution in [3.8, 4) is 22.9 Å². The van der Waals surface area contributed by atoms with Gasteiger partial charge in [-0.15, -0.1) is 0 Å². The summed E-state index contributed by atoms with van der Waals surface area (Å²) in [6.07, 6.45) is 0. The molecule has 0 saturated carbocycles. The van der Waals surface area contributed by atoms with Gasteiger partial charge >= 0.3 is 0 Å². The lowest BCUT2D eigenvalue weighted by molar-refractivity contribution is 0.486. The molecular weight excluding hydrogens is 595 g/mol. The average molecular weight is 627 g/mol. The summed E-state index contributed by atoms with van der Waals surface area (Å²) in [5.74, 6) is 1.90. The van der Waals surface area contributed by atoms with Crippen molar-refractivity contribution in [1.29, 1.82) is 0 Å². The van der Waals surface area contributed by atoms with Crippen LogP contribution in [-0.4, -0.2) is 15.8 Å². The number of rotatable bonds is 2. The van der Waals surface area contributed by atoms with E-state index in [9.17, 15) is 0 Å². The van der Waals surface area contributed by atoms with Crippen molar-refractivity contribution >= 4 is 66.7 Å². The van der Waals surface area contributed by atoms with Crippen LogP contribution >= 0.6 is 0 Å². The smallest absolute Gasteiger partial charge is 0.251 e. The molecule has 0 aliphatic carbocycles. The summed E-state index contributed by atoms with van der Waals surface area (Å²) in [7, 11) is 0. The molecular formula is C45H31BN2O. The van der Waals surface area contributed by atoms with E-state index < -0.39 is 0 Å². The largest absolute Gasteiger partial charge is 0.458 e. The molecule has 11 rings (SSSR count). The van der Waals surface area contributed by atoms with E-state index in [-0.39, 0.29) is 12.1 Å². The molecule has 7 aromatic carbocycles. The van der Waals surface area contributed by atoms with Gasteiger partial charge < -0.3 is 13.9 Å². The minimum Gasteiger partial charge on any atom is -0.458 e. The van der Waals surface area contributed by atoms with Crippen LogP contribution in [0.3, 0.4) is 0 Å². The summed E-state index contributed by atoms with van der Waals surface area (Å²) in [6.45, 7) is 4.82. The van der Waals surface area contributed by atoms with Crippen molar-refractivity contribution in [2.45, 2.75) is 19.3 Å². The van der Waals surface area contributed by atoms with E-state index >= 15 is 0 Å².